The molecule has 1 aliphatic heterocycles. The number of fused-ring (bicyclic) bond motifs is 1. The van der Waals surface area contributed by atoms with Crippen LogP contribution < -0.4 is 4.74 Å². The van der Waals surface area contributed by atoms with Gasteiger partial charge in [0.2, 0.25) is 0 Å². The van der Waals surface area contributed by atoms with Gasteiger partial charge in [-0.1, -0.05) is 11.6 Å². The summed E-state index contributed by atoms with van der Waals surface area (Å²) in [5, 5.41) is 1.28. The lowest BCUT2D eigenvalue weighted by molar-refractivity contribution is 0.263. The zero-order chi connectivity index (χ0) is 17.1. The second-order valence-electron chi connectivity index (χ2n) is 6.99. The molecule has 1 aromatic heterocycles. The summed E-state index contributed by atoms with van der Waals surface area (Å²) in [7, 11) is 0. The maximum Gasteiger partial charge on any atom is 0.119 e. The van der Waals surface area contributed by atoms with Gasteiger partial charge in [0.1, 0.15) is 5.75 Å². The SMILES string of the molecule is Cc1ccc2c(ccn2-c2ccc(OCCCN3CCCC3)cc2)c1. The Balaban J connectivity index is 1.37. The van der Waals surface area contributed by atoms with E-state index in [1.807, 2.05) is 0 Å². The van der Waals surface area contributed by atoms with E-state index in [9.17, 15) is 0 Å². The highest BCUT2D eigenvalue weighted by Crippen LogP contribution is 2.23. The molecule has 0 unspecified atom stereocenters. The molecule has 1 aliphatic rings. The van der Waals surface area contributed by atoms with Gasteiger partial charge in [0.15, 0.2) is 0 Å². The lowest BCUT2D eigenvalue weighted by Crippen LogP contribution is -2.21. The Morgan fingerprint density at radius 1 is 0.960 bits per heavy atom. The van der Waals surface area contributed by atoms with Crippen LogP contribution >= 0.6 is 0 Å². The van der Waals surface area contributed by atoms with E-state index in [1.54, 1.807) is 0 Å². The van der Waals surface area contributed by atoms with E-state index in [4.69, 9.17) is 4.74 Å². The Labute approximate surface area is 149 Å². The summed E-state index contributed by atoms with van der Waals surface area (Å²) >= 11 is 0. The fourth-order valence-electron chi connectivity index (χ4n) is 3.67. The van der Waals surface area contributed by atoms with Gasteiger partial charge in [0.25, 0.3) is 0 Å². The highest BCUT2D eigenvalue weighted by Gasteiger charge is 2.10. The van der Waals surface area contributed by atoms with Crippen LogP contribution in [0.15, 0.2) is 54.7 Å². The Hall–Kier alpha value is -2.26. The molecule has 0 bridgehead atoms. The predicted molar refractivity (Wildman–Crippen MR) is 104 cm³/mol. The van der Waals surface area contributed by atoms with Crippen LogP contribution in [0.1, 0.15) is 24.8 Å². The van der Waals surface area contributed by atoms with E-state index < -0.39 is 0 Å². The van der Waals surface area contributed by atoms with Crippen molar-refractivity contribution in [3.63, 3.8) is 0 Å². The standard InChI is InChI=1S/C22H26N2O/c1-18-5-10-22-19(17-18)11-15-24(22)20-6-8-21(9-7-20)25-16-4-14-23-12-2-3-13-23/h5-11,15,17H,2-4,12-14,16H2,1H3. The fourth-order valence-corrected chi connectivity index (χ4v) is 3.67. The second-order valence-corrected chi connectivity index (χ2v) is 6.99. The molecule has 1 saturated heterocycles. The first-order chi connectivity index (χ1) is 12.3. The molecule has 0 atom stereocenters. The molecule has 3 nitrogen and oxygen atoms in total. The summed E-state index contributed by atoms with van der Waals surface area (Å²) in [6.45, 7) is 6.61. The summed E-state index contributed by atoms with van der Waals surface area (Å²) in [6.07, 6.45) is 5.95. The molecule has 0 saturated carbocycles. The topological polar surface area (TPSA) is 17.4 Å². The third kappa shape index (κ3) is 3.72. The van der Waals surface area contributed by atoms with Crippen LogP contribution in [0.5, 0.6) is 5.75 Å². The number of rotatable bonds is 6. The van der Waals surface area contributed by atoms with E-state index in [0.29, 0.717) is 0 Å². The highest BCUT2D eigenvalue weighted by molar-refractivity contribution is 5.82. The lowest BCUT2D eigenvalue weighted by Gasteiger charge is -2.14. The molecular formula is C22H26N2O. The van der Waals surface area contributed by atoms with Gasteiger partial charge in [-0.15, -0.1) is 0 Å². The molecule has 3 heteroatoms. The van der Waals surface area contributed by atoms with Crippen LogP contribution in [-0.2, 0) is 0 Å². The molecule has 130 valence electrons. The maximum absolute atomic E-state index is 5.91. The van der Waals surface area contributed by atoms with Gasteiger partial charge in [0.05, 0.1) is 12.1 Å². The van der Waals surface area contributed by atoms with Crippen molar-refractivity contribution in [3.8, 4) is 11.4 Å². The van der Waals surface area contributed by atoms with Crippen LogP contribution in [0.4, 0.5) is 0 Å². The van der Waals surface area contributed by atoms with Crippen LogP contribution in [0.25, 0.3) is 16.6 Å². The van der Waals surface area contributed by atoms with Gasteiger partial charge in [-0.25, -0.2) is 0 Å². The summed E-state index contributed by atoms with van der Waals surface area (Å²) < 4.78 is 8.13. The lowest BCUT2D eigenvalue weighted by atomic mass is 10.2. The first kappa shape index (κ1) is 16.2. The number of aryl methyl sites for hydroxylation is 1. The van der Waals surface area contributed by atoms with Gasteiger partial charge < -0.3 is 14.2 Å². The van der Waals surface area contributed by atoms with Crippen molar-refractivity contribution in [2.75, 3.05) is 26.2 Å². The van der Waals surface area contributed by atoms with Crippen LogP contribution in [0, 0.1) is 6.92 Å². The molecular weight excluding hydrogens is 308 g/mol. The maximum atomic E-state index is 5.91. The summed E-state index contributed by atoms with van der Waals surface area (Å²) in [5.41, 5.74) is 3.70. The van der Waals surface area contributed by atoms with Gasteiger partial charge in [0, 0.05) is 23.8 Å². The van der Waals surface area contributed by atoms with Gasteiger partial charge >= 0.3 is 0 Å². The summed E-state index contributed by atoms with van der Waals surface area (Å²) in [4.78, 5) is 2.53. The van der Waals surface area contributed by atoms with E-state index in [1.165, 1.54) is 48.1 Å². The van der Waals surface area contributed by atoms with Crippen LogP contribution in [-0.4, -0.2) is 35.7 Å². The van der Waals surface area contributed by atoms with Gasteiger partial charge in [-0.05, 0) is 81.7 Å². The largest absolute Gasteiger partial charge is 0.494 e. The number of hydrogen-bond donors (Lipinski definition) is 0. The third-order valence-electron chi connectivity index (χ3n) is 5.05. The highest BCUT2D eigenvalue weighted by atomic mass is 16.5. The van der Waals surface area contributed by atoms with Crippen molar-refractivity contribution in [1.82, 2.24) is 9.47 Å². The van der Waals surface area contributed by atoms with E-state index in [-0.39, 0.29) is 0 Å². The normalized spacial score (nSPS) is 15.1. The number of likely N-dealkylation sites (tertiary alicyclic amines) is 1. The molecule has 0 spiro atoms. The average Bonchev–Trinajstić information content (AvgIpc) is 3.28. The Morgan fingerprint density at radius 2 is 1.76 bits per heavy atom. The van der Waals surface area contributed by atoms with Crippen molar-refractivity contribution in [3.05, 3.63) is 60.3 Å². The summed E-state index contributed by atoms with van der Waals surface area (Å²) in [6, 6.07) is 17.2. The monoisotopic (exact) mass is 334 g/mol. The van der Waals surface area contributed by atoms with Crippen molar-refractivity contribution >= 4 is 10.9 Å². The first-order valence-corrected chi connectivity index (χ1v) is 9.33. The summed E-state index contributed by atoms with van der Waals surface area (Å²) in [5.74, 6) is 0.956. The zero-order valence-electron chi connectivity index (χ0n) is 14.9. The minimum Gasteiger partial charge on any atom is -0.494 e. The molecule has 1 fully saturated rings. The first-order valence-electron chi connectivity index (χ1n) is 9.33. The second kappa shape index (κ2) is 7.32. The molecule has 4 rings (SSSR count). The van der Waals surface area contributed by atoms with Gasteiger partial charge in [-0.2, -0.15) is 0 Å². The third-order valence-corrected chi connectivity index (χ3v) is 5.05. The van der Waals surface area contributed by atoms with Crippen molar-refractivity contribution < 1.29 is 4.74 Å². The van der Waals surface area contributed by atoms with Crippen LogP contribution in [0.2, 0.25) is 0 Å². The minimum absolute atomic E-state index is 0.793. The van der Waals surface area contributed by atoms with Crippen molar-refractivity contribution in [1.29, 1.82) is 0 Å². The van der Waals surface area contributed by atoms with Crippen LogP contribution in [0.3, 0.4) is 0 Å². The van der Waals surface area contributed by atoms with Crippen molar-refractivity contribution in [2.45, 2.75) is 26.2 Å². The predicted octanol–water partition coefficient (Wildman–Crippen LogP) is 4.80. The molecule has 2 heterocycles. The molecule has 0 radical (unpaired) electrons. The van der Waals surface area contributed by atoms with Crippen molar-refractivity contribution in [2.24, 2.45) is 0 Å². The Kier molecular flexibility index (Phi) is 4.75. The Morgan fingerprint density at radius 3 is 2.56 bits per heavy atom. The molecule has 2 aromatic carbocycles. The minimum atomic E-state index is 0.793. The molecule has 25 heavy (non-hydrogen) atoms. The molecule has 0 N–H and O–H groups in total. The molecule has 0 amide bonds. The smallest absolute Gasteiger partial charge is 0.119 e. The number of ether oxygens (including phenoxy) is 1. The molecule has 0 aliphatic carbocycles. The zero-order valence-corrected chi connectivity index (χ0v) is 14.9. The van der Waals surface area contributed by atoms with E-state index in [2.05, 4.69) is 71.1 Å². The quantitative estimate of drug-likeness (QED) is 0.602. The number of nitrogens with zero attached hydrogens (tertiary/aromatic N) is 2. The molecule has 3 aromatic rings. The number of benzene rings is 2. The average molecular weight is 334 g/mol. The van der Waals surface area contributed by atoms with E-state index in [0.717, 1.165) is 25.3 Å². The van der Waals surface area contributed by atoms with Gasteiger partial charge in [-0.3, -0.25) is 0 Å². The van der Waals surface area contributed by atoms with E-state index >= 15 is 0 Å². The number of aromatic nitrogens is 1. The fraction of sp³-hybridized carbons (Fsp3) is 0.364. The Bertz CT molecular complexity index is 829. The number of hydrogen-bond acceptors (Lipinski definition) is 2.